The highest BCUT2D eigenvalue weighted by atomic mass is 79.9. The first-order valence-electron chi connectivity index (χ1n) is 7.50. The number of anilines is 2. The Labute approximate surface area is 138 Å². The van der Waals surface area contributed by atoms with Gasteiger partial charge in [-0.1, -0.05) is 28.8 Å². The quantitative estimate of drug-likeness (QED) is 0.847. The number of rotatable bonds is 4. The van der Waals surface area contributed by atoms with Crippen molar-refractivity contribution < 1.29 is 4.79 Å². The van der Waals surface area contributed by atoms with Crippen LogP contribution >= 0.6 is 15.9 Å². The molecule has 3 rings (SSSR count). The average molecular weight is 360 g/mol. The lowest BCUT2D eigenvalue weighted by Gasteiger charge is -2.14. The van der Waals surface area contributed by atoms with E-state index in [2.05, 4.69) is 31.5 Å². The second kappa shape index (κ2) is 6.92. The van der Waals surface area contributed by atoms with Crippen molar-refractivity contribution in [3.8, 4) is 0 Å². The fraction of sp³-hybridized carbons (Fsp3) is 0.294. The zero-order valence-electron chi connectivity index (χ0n) is 12.2. The maximum Gasteiger partial charge on any atom is 0.274 e. The molecule has 2 N–H and O–H groups in total. The smallest absolute Gasteiger partial charge is 0.274 e. The Kier molecular flexibility index (Phi) is 4.73. The Bertz CT molecular complexity index is 651. The van der Waals surface area contributed by atoms with E-state index in [-0.39, 0.29) is 5.91 Å². The number of hydrogen-bond acceptors (Lipinski definition) is 3. The van der Waals surface area contributed by atoms with Gasteiger partial charge in [-0.2, -0.15) is 0 Å². The average Bonchev–Trinajstić information content (AvgIpc) is 3.03. The molecule has 4 nitrogen and oxygen atoms in total. The minimum atomic E-state index is -0.197. The van der Waals surface area contributed by atoms with Crippen LogP contribution in [0.25, 0.3) is 0 Å². The summed E-state index contributed by atoms with van der Waals surface area (Å²) in [7, 11) is 0. The molecular formula is C17H18BrN3O. The van der Waals surface area contributed by atoms with Crippen LogP contribution in [-0.2, 0) is 0 Å². The highest BCUT2D eigenvalue weighted by molar-refractivity contribution is 9.10. The van der Waals surface area contributed by atoms with E-state index in [4.69, 9.17) is 0 Å². The first kappa shape index (κ1) is 15.0. The lowest BCUT2D eigenvalue weighted by Crippen LogP contribution is -2.17. The number of carbonyl (C=O) groups is 1. The van der Waals surface area contributed by atoms with Crippen molar-refractivity contribution in [2.24, 2.45) is 0 Å². The topological polar surface area (TPSA) is 54.0 Å². The van der Waals surface area contributed by atoms with Gasteiger partial charge >= 0.3 is 0 Å². The number of hydrogen-bond donors (Lipinski definition) is 2. The molecule has 1 aromatic carbocycles. The van der Waals surface area contributed by atoms with Crippen LogP contribution in [0, 0.1) is 0 Å². The minimum Gasteiger partial charge on any atom is -0.382 e. The van der Waals surface area contributed by atoms with Crippen LogP contribution in [0.4, 0.5) is 11.4 Å². The highest BCUT2D eigenvalue weighted by Crippen LogP contribution is 2.22. The highest BCUT2D eigenvalue weighted by Gasteiger charge is 2.15. The zero-order chi connectivity index (χ0) is 15.4. The van der Waals surface area contributed by atoms with Crippen molar-refractivity contribution in [1.29, 1.82) is 0 Å². The normalized spacial score (nSPS) is 14.8. The third-order valence-corrected chi connectivity index (χ3v) is 4.35. The van der Waals surface area contributed by atoms with Crippen molar-refractivity contribution in [3.63, 3.8) is 0 Å². The summed E-state index contributed by atoms with van der Waals surface area (Å²) in [6, 6.07) is 11.7. The van der Waals surface area contributed by atoms with Gasteiger partial charge in [0, 0.05) is 28.1 Å². The second-order valence-electron chi connectivity index (χ2n) is 5.52. The van der Waals surface area contributed by atoms with Crippen LogP contribution in [0.15, 0.2) is 47.1 Å². The summed E-state index contributed by atoms with van der Waals surface area (Å²) in [6.07, 6.45) is 6.62. The number of nitrogens with one attached hydrogen (secondary N) is 2. The zero-order valence-corrected chi connectivity index (χ0v) is 13.8. The molecule has 22 heavy (non-hydrogen) atoms. The van der Waals surface area contributed by atoms with Crippen LogP contribution in [0.2, 0.25) is 0 Å². The first-order chi connectivity index (χ1) is 10.7. The summed E-state index contributed by atoms with van der Waals surface area (Å²) in [4.78, 5) is 16.4. The van der Waals surface area contributed by atoms with Gasteiger partial charge in [-0.25, -0.2) is 0 Å². The molecule has 1 aliphatic rings. The lowest BCUT2D eigenvalue weighted by molar-refractivity contribution is 0.102. The van der Waals surface area contributed by atoms with Crippen LogP contribution in [0.1, 0.15) is 36.2 Å². The number of halogens is 1. The summed E-state index contributed by atoms with van der Waals surface area (Å²) in [5.74, 6) is -0.197. The van der Waals surface area contributed by atoms with E-state index in [0.717, 1.165) is 15.8 Å². The van der Waals surface area contributed by atoms with Gasteiger partial charge in [-0.05, 0) is 49.2 Å². The Balaban J connectivity index is 1.67. The summed E-state index contributed by atoms with van der Waals surface area (Å²) in [5, 5.41) is 6.34. The number of amides is 1. The van der Waals surface area contributed by atoms with Gasteiger partial charge in [0.2, 0.25) is 0 Å². The molecule has 0 radical (unpaired) electrons. The van der Waals surface area contributed by atoms with Crippen molar-refractivity contribution in [2.45, 2.75) is 31.7 Å². The van der Waals surface area contributed by atoms with E-state index >= 15 is 0 Å². The van der Waals surface area contributed by atoms with Gasteiger partial charge in [0.05, 0.1) is 0 Å². The maximum absolute atomic E-state index is 12.3. The van der Waals surface area contributed by atoms with Crippen molar-refractivity contribution >= 4 is 33.2 Å². The molecule has 1 fully saturated rings. The van der Waals surface area contributed by atoms with Crippen molar-refractivity contribution in [1.82, 2.24) is 4.98 Å². The fourth-order valence-corrected chi connectivity index (χ4v) is 2.94. The summed E-state index contributed by atoms with van der Waals surface area (Å²) < 4.78 is 0.978. The summed E-state index contributed by atoms with van der Waals surface area (Å²) >= 11 is 3.37. The first-order valence-corrected chi connectivity index (χ1v) is 8.29. The molecular weight excluding hydrogens is 342 g/mol. The van der Waals surface area contributed by atoms with Crippen LogP contribution in [-0.4, -0.2) is 16.9 Å². The van der Waals surface area contributed by atoms with Crippen LogP contribution < -0.4 is 10.6 Å². The lowest BCUT2D eigenvalue weighted by atomic mass is 10.2. The maximum atomic E-state index is 12.3. The molecule has 1 saturated carbocycles. The molecule has 1 amide bonds. The number of benzene rings is 1. The van der Waals surface area contributed by atoms with Gasteiger partial charge < -0.3 is 10.6 Å². The van der Waals surface area contributed by atoms with E-state index in [1.165, 1.54) is 25.7 Å². The van der Waals surface area contributed by atoms with Gasteiger partial charge in [0.25, 0.3) is 5.91 Å². The standard InChI is InChI=1S/C17H18BrN3O/c18-12-5-7-14(8-6-12)21-17(22)16-11-15(9-10-19-16)20-13-3-1-2-4-13/h5-11,13H,1-4H2,(H,19,20)(H,21,22). The fourth-order valence-electron chi connectivity index (χ4n) is 2.68. The molecule has 1 aromatic heterocycles. The molecule has 0 spiro atoms. The molecule has 0 aliphatic heterocycles. The molecule has 114 valence electrons. The minimum absolute atomic E-state index is 0.197. The number of aromatic nitrogens is 1. The molecule has 5 heteroatoms. The monoisotopic (exact) mass is 359 g/mol. The van der Waals surface area contributed by atoms with Gasteiger partial charge in [-0.3, -0.25) is 9.78 Å². The molecule has 0 atom stereocenters. The van der Waals surface area contributed by atoms with E-state index < -0.39 is 0 Å². The predicted octanol–water partition coefficient (Wildman–Crippen LogP) is 4.45. The van der Waals surface area contributed by atoms with Crippen LogP contribution in [0.3, 0.4) is 0 Å². The molecule has 0 unspecified atom stereocenters. The molecule has 0 saturated heterocycles. The van der Waals surface area contributed by atoms with Gasteiger partial charge in [0.15, 0.2) is 0 Å². The van der Waals surface area contributed by atoms with E-state index in [9.17, 15) is 4.79 Å². The van der Waals surface area contributed by atoms with E-state index in [1.807, 2.05) is 36.4 Å². The van der Waals surface area contributed by atoms with Crippen molar-refractivity contribution in [3.05, 3.63) is 52.8 Å². The Morgan fingerprint density at radius 1 is 1.09 bits per heavy atom. The third-order valence-electron chi connectivity index (χ3n) is 3.82. The molecule has 1 heterocycles. The molecule has 1 aliphatic carbocycles. The number of nitrogens with zero attached hydrogens (tertiary/aromatic N) is 1. The Morgan fingerprint density at radius 2 is 1.82 bits per heavy atom. The Hall–Kier alpha value is -1.88. The van der Waals surface area contributed by atoms with E-state index in [1.54, 1.807) is 6.20 Å². The Morgan fingerprint density at radius 3 is 2.55 bits per heavy atom. The largest absolute Gasteiger partial charge is 0.382 e. The SMILES string of the molecule is O=C(Nc1ccc(Br)cc1)c1cc(NC2CCCC2)ccn1. The van der Waals surface area contributed by atoms with Gasteiger partial charge in [0.1, 0.15) is 5.69 Å². The molecule has 0 bridgehead atoms. The second-order valence-corrected chi connectivity index (χ2v) is 6.43. The van der Waals surface area contributed by atoms with Crippen molar-refractivity contribution in [2.75, 3.05) is 10.6 Å². The van der Waals surface area contributed by atoms with E-state index in [0.29, 0.717) is 11.7 Å². The summed E-state index contributed by atoms with van der Waals surface area (Å²) in [5.41, 5.74) is 2.14. The van der Waals surface area contributed by atoms with Gasteiger partial charge in [-0.15, -0.1) is 0 Å². The van der Waals surface area contributed by atoms with Crippen LogP contribution in [0.5, 0.6) is 0 Å². The number of carbonyl (C=O) groups excluding carboxylic acids is 1. The summed E-state index contributed by atoms with van der Waals surface area (Å²) in [6.45, 7) is 0. The third kappa shape index (κ3) is 3.85. The predicted molar refractivity (Wildman–Crippen MR) is 92.2 cm³/mol. The molecule has 2 aromatic rings. The number of pyridine rings is 1.